The molecular weight excluding hydrogens is 222 g/mol. The minimum absolute atomic E-state index is 0.777. The molecule has 1 aromatic heterocycles. The third-order valence-electron chi connectivity index (χ3n) is 2.26. The Kier molecular flexibility index (Phi) is 2.34. The van der Waals surface area contributed by atoms with Gasteiger partial charge in [0.15, 0.2) is 0 Å². The van der Waals surface area contributed by atoms with Crippen molar-refractivity contribution < 1.29 is 0 Å². The maximum atomic E-state index is 4.44. The lowest BCUT2D eigenvalue weighted by atomic mass is 10.3. The van der Waals surface area contributed by atoms with E-state index in [-0.39, 0.29) is 0 Å². The molecule has 3 rings (SSSR count). The van der Waals surface area contributed by atoms with Crippen LogP contribution in [0.5, 0.6) is 0 Å². The fourth-order valence-electron chi connectivity index (χ4n) is 1.52. The summed E-state index contributed by atoms with van der Waals surface area (Å²) < 4.78 is 1.17. The first-order chi connectivity index (χ1) is 7.92. The SMILES string of the molecule is c1ccc2sc(NNC3=NCCN3)nc2c1. The lowest BCUT2D eigenvalue weighted by molar-refractivity contribution is 0.937. The third kappa shape index (κ3) is 1.79. The molecule has 0 fully saturated rings. The standard InChI is InChI=1S/C10H11N5S/c1-2-4-8-7(3-1)13-10(16-8)15-14-9-11-5-6-12-9/h1-4H,5-6H2,(H,13,15)(H2,11,12,14). The highest BCUT2D eigenvalue weighted by Gasteiger charge is 2.05. The predicted octanol–water partition coefficient (Wildman–Crippen LogP) is 1.17. The van der Waals surface area contributed by atoms with Gasteiger partial charge < -0.3 is 5.32 Å². The number of para-hydroxylation sites is 1. The van der Waals surface area contributed by atoms with Crippen LogP contribution in [0.25, 0.3) is 10.2 Å². The van der Waals surface area contributed by atoms with E-state index in [1.54, 1.807) is 11.3 Å². The molecule has 3 N–H and O–H groups in total. The zero-order valence-corrected chi connectivity index (χ0v) is 9.34. The number of rotatable bonds is 2. The van der Waals surface area contributed by atoms with E-state index in [0.29, 0.717) is 0 Å². The summed E-state index contributed by atoms with van der Waals surface area (Å²) in [5.41, 5.74) is 7.05. The molecule has 16 heavy (non-hydrogen) atoms. The Labute approximate surface area is 96.6 Å². The van der Waals surface area contributed by atoms with Crippen molar-refractivity contribution in [1.82, 2.24) is 15.7 Å². The van der Waals surface area contributed by atoms with Crippen LogP contribution in [-0.2, 0) is 0 Å². The van der Waals surface area contributed by atoms with Gasteiger partial charge in [0.2, 0.25) is 11.1 Å². The van der Waals surface area contributed by atoms with Gasteiger partial charge in [0.05, 0.1) is 16.8 Å². The van der Waals surface area contributed by atoms with Crippen molar-refractivity contribution in [3.05, 3.63) is 24.3 Å². The number of hydrogen-bond donors (Lipinski definition) is 3. The molecule has 2 aromatic rings. The number of hydrogen-bond acceptors (Lipinski definition) is 6. The highest BCUT2D eigenvalue weighted by atomic mass is 32.1. The molecule has 0 spiro atoms. The maximum absolute atomic E-state index is 4.44. The molecule has 1 aliphatic heterocycles. The van der Waals surface area contributed by atoms with Crippen LogP contribution in [0.3, 0.4) is 0 Å². The highest BCUT2D eigenvalue weighted by molar-refractivity contribution is 7.22. The van der Waals surface area contributed by atoms with Crippen LogP contribution in [0.2, 0.25) is 0 Å². The van der Waals surface area contributed by atoms with E-state index in [0.717, 1.165) is 29.7 Å². The average molecular weight is 233 g/mol. The second kappa shape index (κ2) is 3.97. The van der Waals surface area contributed by atoms with E-state index in [4.69, 9.17) is 0 Å². The number of thiazole rings is 1. The van der Waals surface area contributed by atoms with E-state index in [1.165, 1.54) is 4.70 Å². The Morgan fingerprint density at radius 1 is 1.25 bits per heavy atom. The van der Waals surface area contributed by atoms with E-state index < -0.39 is 0 Å². The number of hydrazine groups is 1. The van der Waals surface area contributed by atoms with Crippen LogP contribution >= 0.6 is 11.3 Å². The van der Waals surface area contributed by atoms with Crippen LogP contribution in [0.4, 0.5) is 5.13 Å². The van der Waals surface area contributed by atoms with Crippen molar-refractivity contribution in [2.75, 3.05) is 18.5 Å². The Morgan fingerprint density at radius 3 is 3.00 bits per heavy atom. The molecule has 0 atom stereocenters. The molecule has 0 bridgehead atoms. The zero-order chi connectivity index (χ0) is 10.8. The van der Waals surface area contributed by atoms with Gasteiger partial charge in [-0.1, -0.05) is 23.5 Å². The normalized spacial score (nSPS) is 14.6. The molecule has 0 radical (unpaired) electrons. The van der Waals surface area contributed by atoms with Gasteiger partial charge in [0, 0.05) is 6.54 Å². The van der Waals surface area contributed by atoms with Crippen molar-refractivity contribution in [2.45, 2.75) is 0 Å². The average Bonchev–Trinajstić information content (AvgIpc) is 2.95. The molecule has 5 nitrogen and oxygen atoms in total. The minimum atomic E-state index is 0.777. The quantitative estimate of drug-likeness (QED) is 0.681. The number of nitrogens with one attached hydrogen (secondary N) is 3. The van der Waals surface area contributed by atoms with E-state index >= 15 is 0 Å². The van der Waals surface area contributed by atoms with E-state index in [9.17, 15) is 0 Å². The molecule has 6 heteroatoms. The molecule has 1 aromatic carbocycles. The first-order valence-corrected chi connectivity index (χ1v) is 5.89. The number of aromatic nitrogens is 1. The van der Waals surface area contributed by atoms with Gasteiger partial charge in [-0.3, -0.25) is 15.8 Å². The molecule has 82 valence electrons. The second-order valence-electron chi connectivity index (χ2n) is 3.39. The maximum Gasteiger partial charge on any atom is 0.210 e. The zero-order valence-electron chi connectivity index (χ0n) is 8.53. The predicted molar refractivity (Wildman–Crippen MR) is 66.7 cm³/mol. The molecule has 0 amide bonds. The van der Waals surface area contributed by atoms with Crippen LogP contribution < -0.4 is 16.2 Å². The number of guanidine groups is 1. The third-order valence-corrected chi connectivity index (χ3v) is 3.21. The smallest absolute Gasteiger partial charge is 0.210 e. The van der Waals surface area contributed by atoms with Crippen LogP contribution in [-0.4, -0.2) is 24.0 Å². The second-order valence-corrected chi connectivity index (χ2v) is 4.42. The highest BCUT2D eigenvalue weighted by Crippen LogP contribution is 2.24. The lowest BCUT2D eigenvalue weighted by Crippen LogP contribution is -2.37. The van der Waals surface area contributed by atoms with E-state index in [2.05, 4.69) is 32.2 Å². The fourth-order valence-corrected chi connectivity index (χ4v) is 2.34. The van der Waals surface area contributed by atoms with Gasteiger partial charge >= 0.3 is 0 Å². The summed E-state index contributed by atoms with van der Waals surface area (Å²) in [5, 5.41) is 3.96. The van der Waals surface area contributed by atoms with Gasteiger partial charge in [-0.15, -0.1) is 0 Å². The Balaban J connectivity index is 1.74. The van der Waals surface area contributed by atoms with Crippen LogP contribution in [0.15, 0.2) is 29.3 Å². The van der Waals surface area contributed by atoms with Gasteiger partial charge in [-0.2, -0.15) is 0 Å². The molecular formula is C10H11N5S. The van der Waals surface area contributed by atoms with Gasteiger partial charge in [0.1, 0.15) is 0 Å². The molecule has 0 saturated carbocycles. The summed E-state index contributed by atoms with van der Waals surface area (Å²) in [5.74, 6) is 0.777. The number of benzene rings is 1. The number of aliphatic imine (C=N–C) groups is 1. The first-order valence-electron chi connectivity index (χ1n) is 5.08. The van der Waals surface area contributed by atoms with Crippen LogP contribution in [0, 0.1) is 0 Å². The number of nitrogens with zero attached hydrogens (tertiary/aromatic N) is 2. The molecule has 0 saturated heterocycles. The summed E-state index contributed by atoms with van der Waals surface area (Å²) in [6, 6.07) is 8.06. The molecule has 0 unspecified atom stereocenters. The monoisotopic (exact) mass is 233 g/mol. The Morgan fingerprint density at radius 2 is 2.19 bits per heavy atom. The fraction of sp³-hybridized carbons (Fsp3) is 0.200. The van der Waals surface area contributed by atoms with Gasteiger partial charge in [-0.25, -0.2) is 4.98 Å². The molecule has 0 aliphatic carbocycles. The summed E-state index contributed by atoms with van der Waals surface area (Å²) >= 11 is 1.61. The van der Waals surface area contributed by atoms with E-state index in [1.807, 2.05) is 18.2 Å². The summed E-state index contributed by atoms with van der Waals surface area (Å²) in [4.78, 5) is 8.65. The topological polar surface area (TPSA) is 61.3 Å². The summed E-state index contributed by atoms with van der Waals surface area (Å²) in [6.07, 6.45) is 0. The number of anilines is 1. The summed E-state index contributed by atoms with van der Waals surface area (Å²) in [7, 11) is 0. The Bertz CT molecular complexity index is 500. The van der Waals surface area contributed by atoms with Gasteiger partial charge in [-0.05, 0) is 12.1 Å². The van der Waals surface area contributed by atoms with Crippen molar-refractivity contribution in [1.29, 1.82) is 0 Å². The largest absolute Gasteiger partial charge is 0.353 e. The molecule has 1 aliphatic rings. The van der Waals surface area contributed by atoms with Crippen molar-refractivity contribution in [2.24, 2.45) is 4.99 Å². The number of fused-ring (bicyclic) bond motifs is 1. The lowest BCUT2D eigenvalue weighted by Gasteiger charge is -2.05. The Hall–Kier alpha value is -1.82. The van der Waals surface area contributed by atoms with Crippen molar-refractivity contribution in [3.63, 3.8) is 0 Å². The molecule has 2 heterocycles. The minimum Gasteiger partial charge on any atom is -0.353 e. The van der Waals surface area contributed by atoms with Crippen LogP contribution in [0.1, 0.15) is 0 Å². The summed E-state index contributed by atoms with van der Waals surface area (Å²) in [6.45, 7) is 1.72. The van der Waals surface area contributed by atoms with Crippen molar-refractivity contribution >= 4 is 32.6 Å². The first kappa shape index (κ1) is 9.41. The van der Waals surface area contributed by atoms with Gasteiger partial charge in [0.25, 0.3) is 0 Å². The van der Waals surface area contributed by atoms with Crippen molar-refractivity contribution in [3.8, 4) is 0 Å².